The number of sulfonamides is 1. The molecule has 22 heavy (non-hydrogen) atoms. The first-order valence-electron chi connectivity index (χ1n) is 6.53. The molecular formula is C15H13N3O3S. The first-order chi connectivity index (χ1) is 10.5. The number of hydrogen-bond acceptors (Lipinski definition) is 5. The second kappa shape index (κ2) is 5.61. The van der Waals surface area contributed by atoms with E-state index in [-0.39, 0.29) is 4.90 Å². The minimum atomic E-state index is -3.62. The van der Waals surface area contributed by atoms with Crippen LogP contribution in [0.5, 0.6) is 0 Å². The van der Waals surface area contributed by atoms with E-state index in [1.165, 1.54) is 12.1 Å². The van der Waals surface area contributed by atoms with Crippen LogP contribution in [0.1, 0.15) is 5.89 Å². The van der Waals surface area contributed by atoms with Crippen molar-refractivity contribution in [2.45, 2.75) is 11.8 Å². The Morgan fingerprint density at radius 1 is 1.00 bits per heavy atom. The lowest BCUT2D eigenvalue weighted by atomic mass is 10.2. The summed E-state index contributed by atoms with van der Waals surface area (Å²) in [5.41, 5.74) is 1.08. The number of nitrogens with zero attached hydrogens (tertiary/aromatic N) is 2. The summed E-state index contributed by atoms with van der Waals surface area (Å²) < 4.78 is 32.5. The third kappa shape index (κ3) is 2.99. The second-order valence-electron chi connectivity index (χ2n) is 4.63. The highest BCUT2D eigenvalue weighted by atomic mass is 32.2. The van der Waals surface area contributed by atoms with Gasteiger partial charge in [-0.3, -0.25) is 4.72 Å². The summed E-state index contributed by atoms with van der Waals surface area (Å²) in [6, 6.07) is 15.0. The van der Waals surface area contributed by atoms with Gasteiger partial charge in [0, 0.05) is 18.2 Å². The molecule has 0 spiro atoms. The van der Waals surface area contributed by atoms with Crippen molar-refractivity contribution in [2.75, 3.05) is 4.72 Å². The third-order valence-electron chi connectivity index (χ3n) is 2.94. The zero-order chi connectivity index (χ0) is 15.6. The molecule has 6 nitrogen and oxygen atoms in total. The molecule has 0 saturated heterocycles. The maximum absolute atomic E-state index is 12.3. The largest absolute Gasteiger partial charge is 0.421 e. The first-order valence-corrected chi connectivity index (χ1v) is 8.01. The SMILES string of the molecule is Cc1nnc(-c2cccc(NS(=O)(=O)c3ccccc3)c2)o1. The van der Waals surface area contributed by atoms with E-state index in [0.29, 0.717) is 23.0 Å². The lowest BCUT2D eigenvalue weighted by Crippen LogP contribution is -2.12. The normalized spacial score (nSPS) is 11.3. The molecule has 0 radical (unpaired) electrons. The van der Waals surface area contributed by atoms with Crippen LogP contribution in [-0.4, -0.2) is 18.6 Å². The van der Waals surface area contributed by atoms with Gasteiger partial charge in [-0.2, -0.15) is 0 Å². The van der Waals surface area contributed by atoms with Crippen LogP contribution in [0.4, 0.5) is 5.69 Å². The predicted octanol–water partition coefficient (Wildman–Crippen LogP) is 2.85. The molecule has 3 aromatic rings. The van der Waals surface area contributed by atoms with Crippen molar-refractivity contribution >= 4 is 15.7 Å². The molecule has 3 rings (SSSR count). The zero-order valence-electron chi connectivity index (χ0n) is 11.7. The van der Waals surface area contributed by atoms with E-state index in [2.05, 4.69) is 14.9 Å². The first kappa shape index (κ1) is 14.3. The van der Waals surface area contributed by atoms with Crippen molar-refractivity contribution in [3.05, 3.63) is 60.5 Å². The maximum atomic E-state index is 12.3. The molecule has 0 unspecified atom stereocenters. The highest BCUT2D eigenvalue weighted by Crippen LogP contribution is 2.23. The Balaban J connectivity index is 1.90. The van der Waals surface area contributed by atoms with E-state index in [4.69, 9.17) is 4.42 Å². The van der Waals surface area contributed by atoms with E-state index in [0.717, 1.165) is 0 Å². The average molecular weight is 315 g/mol. The predicted molar refractivity (Wildman–Crippen MR) is 81.7 cm³/mol. The van der Waals surface area contributed by atoms with Gasteiger partial charge in [0.25, 0.3) is 10.0 Å². The average Bonchev–Trinajstić information content (AvgIpc) is 2.95. The van der Waals surface area contributed by atoms with E-state index < -0.39 is 10.0 Å². The Kier molecular flexibility index (Phi) is 3.64. The fraction of sp³-hybridized carbons (Fsp3) is 0.0667. The number of anilines is 1. The molecule has 0 saturated carbocycles. The molecule has 0 aliphatic heterocycles. The smallest absolute Gasteiger partial charge is 0.261 e. The third-order valence-corrected chi connectivity index (χ3v) is 4.34. The monoisotopic (exact) mass is 315 g/mol. The molecule has 0 bridgehead atoms. The summed E-state index contributed by atoms with van der Waals surface area (Å²) in [4.78, 5) is 0.203. The molecule has 1 heterocycles. The molecule has 1 N–H and O–H groups in total. The van der Waals surface area contributed by atoms with Crippen LogP contribution in [0.15, 0.2) is 63.9 Å². The summed E-state index contributed by atoms with van der Waals surface area (Å²) in [5.74, 6) is 0.795. The minimum absolute atomic E-state index is 0.203. The summed E-state index contributed by atoms with van der Waals surface area (Å²) in [6.07, 6.45) is 0. The molecule has 7 heteroatoms. The number of benzene rings is 2. The fourth-order valence-corrected chi connectivity index (χ4v) is 3.01. The number of aryl methyl sites for hydroxylation is 1. The molecule has 0 aliphatic rings. The molecule has 112 valence electrons. The van der Waals surface area contributed by atoms with Gasteiger partial charge in [0.15, 0.2) is 0 Å². The molecule has 1 aromatic heterocycles. The van der Waals surface area contributed by atoms with Gasteiger partial charge in [0.2, 0.25) is 11.8 Å². The molecule has 0 fully saturated rings. The molecular weight excluding hydrogens is 302 g/mol. The van der Waals surface area contributed by atoms with Gasteiger partial charge in [-0.05, 0) is 30.3 Å². The lowest BCUT2D eigenvalue weighted by Gasteiger charge is -2.08. The number of aromatic nitrogens is 2. The van der Waals surface area contributed by atoms with Crippen LogP contribution >= 0.6 is 0 Å². The van der Waals surface area contributed by atoms with Crippen LogP contribution in [0.25, 0.3) is 11.5 Å². The van der Waals surface area contributed by atoms with Crippen molar-refractivity contribution in [3.63, 3.8) is 0 Å². The number of nitrogens with one attached hydrogen (secondary N) is 1. The van der Waals surface area contributed by atoms with Crippen molar-refractivity contribution in [1.29, 1.82) is 0 Å². The van der Waals surface area contributed by atoms with Gasteiger partial charge in [-0.1, -0.05) is 24.3 Å². The fourth-order valence-electron chi connectivity index (χ4n) is 1.94. The van der Waals surface area contributed by atoms with Crippen molar-refractivity contribution in [3.8, 4) is 11.5 Å². The van der Waals surface area contributed by atoms with Crippen molar-refractivity contribution in [1.82, 2.24) is 10.2 Å². The van der Waals surface area contributed by atoms with Crippen LogP contribution in [-0.2, 0) is 10.0 Å². The quantitative estimate of drug-likeness (QED) is 0.800. The highest BCUT2D eigenvalue weighted by molar-refractivity contribution is 7.92. The van der Waals surface area contributed by atoms with E-state index in [1.54, 1.807) is 49.4 Å². The van der Waals surface area contributed by atoms with Crippen LogP contribution in [0, 0.1) is 6.92 Å². The van der Waals surface area contributed by atoms with Crippen molar-refractivity contribution in [2.24, 2.45) is 0 Å². The van der Waals surface area contributed by atoms with Gasteiger partial charge >= 0.3 is 0 Å². The van der Waals surface area contributed by atoms with E-state index in [9.17, 15) is 8.42 Å². The Morgan fingerprint density at radius 3 is 2.45 bits per heavy atom. The van der Waals surface area contributed by atoms with Gasteiger partial charge in [0.05, 0.1) is 4.90 Å². The summed E-state index contributed by atoms with van der Waals surface area (Å²) in [6.45, 7) is 1.69. The van der Waals surface area contributed by atoms with Crippen molar-refractivity contribution < 1.29 is 12.8 Å². The zero-order valence-corrected chi connectivity index (χ0v) is 12.5. The Labute approximate surface area is 127 Å². The molecule has 2 aromatic carbocycles. The lowest BCUT2D eigenvalue weighted by molar-refractivity contribution is 0.533. The number of hydrogen-bond donors (Lipinski definition) is 1. The van der Waals surface area contributed by atoms with Crippen LogP contribution in [0.3, 0.4) is 0 Å². The maximum Gasteiger partial charge on any atom is 0.261 e. The summed E-state index contributed by atoms with van der Waals surface area (Å²) in [7, 11) is -3.62. The van der Waals surface area contributed by atoms with Gasteiger partial charge < -0.3 is 4.42 Å². The topological polar surface area (TPSA) is 85.1 Å². The van der Waals surface area contributed by atoms with Crippen LogP contribution in [0.2, 0.25) is 0 Å². The molecule has 0 atom stereocenters. The summed E-state index contributed by atoms with van der Waals surface area (Å²) >= 11 is 0. The standard InChI is InChI=1S/C15H13N3O3S/c1-11-16-17-15(21-11)12-6-5-7-13(10-12)18-22(19,20)14-8-3-2-4-9-14/h2-10,18H,1H3. The van der Waals surface area contributed by atoms with Gasteiger partial charge in [-0.15, -0.1) is 10.2 Å². The summed E-state index contributed by atoms with van der Waals surface area (Å²) in [5, 5.41) is 7.68. The Morgan fingerprint density at radius 2 is 1.77 bits per heavy atom. The molecule has 0 aliphatic carbocycles. The second-order valence-corrected chi connectivity index (χ2v) is 6.31. The van der Waals surface area contributed by atoms with E-state index >= 15 is 0 Å². The number of rotatable bonds is 4. The Bertz CT molecular complexity index is 889. The van der Waals surface area contributed by atoms with Crippen LogP contribution < -0.4 is 4.72 Å². The Hall–Kier alpha value is -2.67. The highest BCUT2D eigenvalue weighted by Gasteiger charge is 2.14. The minimum Gasteiger partial charge on any atom is -0.421 e. The molecule has 0 amide bonds. The van der Waals surface area contributed by atoms with Gasteiger partial charge in [0.1, 0.15) is 0 Å². The van der Waals surface area contributed by atoms with E-state index in [1.807, 2.05) is 0 Å². The van der Waals surface area contributed by atoms with Gasteiger partial charge in [-0.25, -0.2) is 8.42 Å².